The Labute approximate surface area is 196 Å². The second kappa shape index (κ2) is 10.5. The van der Waals surface area contributed by atoms with E-state index >= 15 is 0 Å². The topological polar surface area (TPSA) is 97.6 Å². The van der Waals surface area contributed by atoms with Gasteiger partial charge in [0.2, 0.25) is 17.7 Å². The first kappa shape index (κ1) is 22.8. The van der Waals surface area contributed by atoms with Gasteiger partial charge in [-0.1, -0.05) is 36.7 Å². The quantitative estimate of drug-likeness (QED) is 0.468. The smallest absolute Gasteiger partial charge is 0.260 e. The Balaban J connectivity index is 1.36. The fourth-order valence-electron chi connectivity index (χ4n) is 3.28. The molecule has 0 atom stereocenters. The molecule has 1 aliphatic rings. The van der Waals surface area contributed by atoms with Crippen LogP contribution in [0.25, 0.3) is 11.5 Å². The van der Waals surface area contributed by atoms with Crippen LogP contribution in [0.5, 0.6) is 5.75 Å². The summed E-state index contributed by atoms with van der Waals surface area (Å²) in [5, 5.41) is 11.5. The lowest BCUT2D eigenvalue weighted by Gasteiger charge is -2.20. The summed E-state index contributed by atoms with van der Waals surface area (Å²) in [5.74, 6) is 1.06. The van der Waals surface area contributed by atoms with E-state index in [1.54, 1.807) is 41.3 Å². The van der Waals surface area contributed by atoms with Gasteiger partial charge in [-0.25, -0.2) is 0 Å². The lowest BCUT2D eigenvalue weighted by molar-refractivity contribution is -0.134. The molecule has 1 fully saturated rings. The molecule has 0 radical (unpaired) electrons. The van der Waals surface area contributed by atoms with E-state index in [-0.39, 0.29) is 30.9 Å². The SMILES string of the molecule is CCCN(Cc1nnc(-c2ccccc2Cl)o1)C(=O)COc1cccc(NC(=O)C2CC2)c1. The number of benzene rings is 2. The molecule has 8 nitrogen and oxygen atoms in total. The highest BCUT2D eigenvalue weighted by atomic mass is 35.5. The van der Waals surface area contributed by atoms with Gasteiger partial charge in [0, 0.05) is 24.2 Å². The van der Waals surface area contributed by atoms with Crippen molar-refractivity contribution in [3.63, 3.8) is 0 Å². The number of aromatic nitrogens is 2. The molecule has 9 heteroatoms. The molecular weight excluding hydrogens is 444 g/mol. The average Bonchev–Trinajstić information content (AvgIpc) is 3.57. The predicted molar refractivity (Wildman–Crippen MR) is 124 cm³/mol. The van der Waals surface area contributed by atoms with Crippen molar-refractivity contribution in [3.05, 3.63) is 59.4 Å². The second-order valence-corrected chi connectivity index (χ2v) is 8.28. The van der Waals surface area contributed by atoms with Crippen molar-refractivity contribution in [1.82, 2.24) is 15.1 Å². The summed E-state index contributed by atoms with van der Waals surface area (Å²) in [7, 11) is 0. The maximum absolute atomic E-state index is 12.8. The van der Waals surface area contributed by atoms with Gasteiger partial charge < -0.3 is 19.4 Å². The van der Waals surface area contributed by atoms with Crippen molar-refractivity contribution >= 4 is 29.1 Å². The third-order valence-corrected chi connectivity index (χ3v) is 5.49. The molecule has 1 aliphatic carbocycles. The first-order chi connectivity index (χ1) is 16.0. The molecule has 172 valence electrons. The fourth-order valence-corrected chi connectivity index (χ4v) is 3.49. The van der Waals surface area contributed by atoms with Crippen molar-refractivity contribution in [1.29, 1.82) is 0 Å². The van der Waals surface area contributed by atoms with Crippen LogP contribution in [0, 0.1) is 5.92 Å². The number of hydrogen-bond acceptors (Lipinski definition) is 6. The van der Waals surface area contributed by atoms with E-state index in [2.05, 4.69) is 15.5 Å². The Morgan fingerprint density at radius 2 is 2.00 bits per heavy atom. The van der Waals surface area contributed by atoms with E-state index in [0.29, 0.717) is 40.3 Å². The van der Waals surface area contributed by atoms with Crippen molar-refractivity contribution in [2.24, 2.45) is 5.92 Å². The Morgan fingerprint density at radius 3 is 2.76 bits per heavy atom. The summed E-state index contributed by atoms with van der Waals surface area (Å²) in [6.07, 6.45) is 2.63. The highest BCUT2D eigenvalue weighted by molar-refractivity contribution is 6.33. The molecule has 33 heavy (non-hydrogen) atoms. The summed E-state index contributed by atoms with van der Waals surface area (Å²) in [6, 6.07) is 14.2. The third kappa shape index (κ3) is 6.10. The van der Waals surface area contributed by atoms with Crippen LogP contribution in [0.2, 0.25) is 5.02 Å². The lowest BCUT2D eigenvalue weighted by Crippen LogP contribution is -2.35. The number of rotatable bonds is 10. The first-order valence-electron chi connectivity index (χ1n) is 10.9. The minimum Gasteiger partial charge on any atom is -0.484 e. The van der Waals surface area contributed by atoms with E-state index < -0.39 is 0 Å². The number of anilines is 1. The van der Waals surface area contributed by atoms with E-state index in [4.69, 9.17) is 20.8 Å². The van der Waals surface area contributed by atoms with Crippen LogP contribution < -0.4 is 10.1 Å². The van der Waals surface area contributed by atoms with Gasteiger partial charge in [0.05, 0.1) is 17.1 Å². The summed E-state index contributed by atoms with van der Waals surface area (Å²) in [5.41, 5.74) is 1.29. The number of halogens is 1. The van der Waals surface area contributed by atoms with Crippen LogP contribution in [0.15, 0.2) is 52.9 Å². The van der Waals surface area contributed by atoms with Crippen molar-refractivity contribution in [3.8, 4) is 17.2 Å². The van der Waals surface area contributed by atoms with Crippen LogP contribution in [-0.2, 0) is 16.1 Å². The maximum Gasteiger partial charge on any atom is 0.260 e. The second-order valence-electron chi connectivity index (χ2n) is 7.88. The Morgan fingerprint density at radius 1 is 1.18 bits per heavy atom. The maximum atomic E-state index is 12.8. The number of amides is 2. The normalized spacial score (nSPS) is 12.9. The lowest BCUT2D eigenvalue weighted by atomic mass is 10.2. The minimum absolute atomic E-state index is 0.0214. The summed E-state index contributed by atoms with van der Waals surface area (Å²) >= 11 is 6.20. The fraction of sp³-hybridized carbons (Fsp3) is 0.333. The Bertz CT molecular complexity index is 1130. The highest BCUT2D eigenvalue weighted by Gasteiger charge is 2.29. The van der Waals surface area contributed by atoms with E-state index in [9.17, 15) is 9.59 Å². The van der Waals surface area contributed by atoms with Crippen LogP contribution in [0.1, 0.15) is 32.1 Å². The van der Waals surface area contributed by atoms with Crippen molar-refractivity contribution in [2.75, 3.05) is 18.5 Å². The third-order valence-electron chi connectivity index (χ3n) is 5.16. The first-order valence-corrected chi connectivity index (χ1v) is 11.3. The van der Waals surface area contributed by atoms with Gasteiger partial charge in [-0.3, -0.25) is 9.59 Å². The largest absolute Gasteiger partial charge is 0.484 e. The number of ether oxygens (including phenoxy) is 1. The molecule has 4 rings (SSSR count). The summed E-state index contributed by atoms with van der Waals surface area (Å²) < 4.78 is 11.4. The molecule has 0 aliphatic heterocycles. The molecular formula is C24H25ClN4O4. The zero-order chi connectivity index (χ0) is 23.2. The van der Waals surface area contributed by atoms with Crippen molar-refractivity contribution in [2.45, 2.75) is 32.7 Å². The zero-order valence-corrected chi connectivity index (χ0v) is 19.0. The van der Waals surface area contributed by atoms with Gasteiger partial charge in [-0.2, -0.15) is 0 Å². The summed E-state index contributed by atoms with van der Waals surface area (Å²) in [6.45, 7) is 2.52. The van der Waals surface area contributed by atoms with E-state index in [1.165, 1.54) is 0 Å². The number of carbonyl (C=O) groups excluding carboxylic acids is 2. The highest BCUT2D eigenvalue weighted by Crippen LogP contribution is 2.30. The van der Waals surface area contributed by atoms with Crippen LogP contribution >= 0.6 is 11.6 Å². The van der Waals surface area contributed by atoms with Gasteiger partial charge in [-0.05, 0) is 43.5 Å². The van der Waals surface area contributed by atoms with E-state index in [1.807, 2.05) is 19.1 Å². The molecule has 0 unspecified atom stereocenters. The average molecular weight is 469 g/mol. The molecule has 0 bridgehead atoms. The van der Waals surface area contributed by atoms with Gasteiger partial charge in [0.1, 0.15) is 5.75 Å². The van der Waals surface area contributed by atoms with Crippen LogP contribution in [-0.4, -0.2) is 40.1 Å². The standard InChI is InChI=1S/C24H25ClN4O4/c1-2-12-29(14-21-27-28-24(33-21)19-8-3-4-9-20(19)25)22(30)15-32-18-7-5-6-17(13-18)26-23(31)16-10-11-16/h3-9,13,16H,2,10-12,14-15H2,1H3,(H,26,31). The number of carbonyl (C=O) groups is 2. The number of hydrogen-bond donors (Lipinski definition) is 1. The zero-order valence-electron chi connectivity index (χ0n) is 18.3. The van der Waals surface area contributed by atoms with Crippen LogP contribution in [0.4, 0.5) is 5.69 Å². The van der Waals surface area contributed by atoms with Gasteiger partial charge in [0.25, 0.3) is 5.91 Å². The van der Waals surface area contributed by atoms with Crippen LogP contribution in [0.3, 0.4) is 0 Å². The molecule has 2 aromatic carbocycles. The van der Waals surface area contributed by atoms with Gasteiger partial charge in [0.15, 0.2) is 6.61 Å². The molecule has 3 aromatic rings. The molecule has 2 amide bonds. The van der Waals surface area contributed by atoms with E-state index in [0.717, 1.165) is 19.3 Å². The number of nitrogens with zero attached hydrogens (tertiary/aromatic N) is 3. The molecule has 1 N–H and O–H groups in total. The number of nitrogens with one attached hydrogen (secondary N) is 1. The predicted octanol–water partition coefficient (Wildman–Crippen LogP) is 4.56. The van der Waals surface area contributed by atoms with Crippen molar-refractivity contribution < 1.29 is 18.7 Å². The molecule has 0 spiro atoms. The Kier molecular flexibility index (Phi) is 7.24. The molecule has 1 aromatic heterocycles. The Hall–Kier alpha value is -3.39. The minimum atomic E-state index is -0.207. The monoisotopic (exact) mass is 468 g/mol. The summed E-state index contributed by atoms with van der Waals surface area (Å²) in [4.78, 5) is 26.4. The van der Waals surface area contributed by atoms with Gasteiger partial charge >= 0.3 is 0 Å². The molecule has 0 saturated heterocycles. The van der Waals surface area contributed by atoms with Gasteiger partial charge in [-0.15, -0.1) is 10.2 Å². The molecule has 1 heterocycles. The molecule has 1 saturated carbocycles.